The number of fused-ring (bicyclic) bond motifs is 1. The van der Waals surface area contributed by atoms with Crippen LogP contribution < -0.4 is 4.90 Å². The molecule has 0 aliphatic carbocycles. The molecule has 26 heavy (non-hydrogen) atoms. The first kappa shape index (κ1) is 12.6. The highest BCUT2D eigenvalue weighted by Gasteiger charge is 2.27. The third kappa shape index (κ3) is 2.42. The van der Waals surface area contributed by atoms with Crippen LogP contribution in [0.1, 0.15) is 43.3 Å². The van der Waals surface area contributed by atoms with Gasteiger partial charge in [0.1, 0.15) is 12.0 Å². The Hall–Kier alpha value is -2.68. The van der Waals surface area contributed by atoms with E-state index >= 15 is 0 Å². The van der Waals surface area contributed by atoms with Crippen LogP contribution >= 0.6 is 0 Å². The van der Waals surface area contributed by atoms with Crippen LogP contribution in [0.25, 0.3) is 16.6 Å². The summed E-state index contributed by atoms with van der Waals surface area (Å²) in [7, 11) is 0. The van der Waals surface area contributed by atoms with Gasteiger partial charge in [-0.3, -0.25) is 4.57 Å². The predicted octanol–water partition coefficient (Wildman–Crippen LogP) is 5.63. The Morgan fingerprint density at radius 3 is 2.50 bits per heavy atom. The SMILES string of the molecule is [2H]C(C)(C)c1ccccc1-n1c(N2C=CN(C([2H])([2H])[2H])[C@@H]2C)c(C)c2ccccc21. The van der Waals surface area contributed by atoms with Crippen molar-refractivity contribution >= 4 is 16.7 Å². The van der Waals surface area contributed by atoms with Crippen LogP contribution in [0, 0.1) is 6.92 Å². The Morgan fingerprint density at radius 2 is 1.77 bits per heavy atom. The molecule has 0 amide bonds. The average molecular weight is 350 g/mol. The first-order chi connectivity index (χ1) is 14.0. The van der Waals surface area contributed by atoms with Gasteiger partial charge in [-0.1, -0.05) is 50.2 Å². The van der Waals surface area contributed by atoms with Crippen LogP contribution in [-0.2, 0) is 0 Å². The van der Waals surface area contributed by atoms with Gasteiger partial charge in [0, 0.05) is 30.2 Å². The summed E-state index contributed by atoms with van der Waals surface area (Å²) >= 11 is 0. The van der Waals surface area contributed by atoms with Crippen molar-refractivity contribution in [3.63, 3.8) is 0 Å². The van der Waals surface area contributed by atoms with Crippen molar-refractivity contribution in [2.75, 3.05) is 11.9 Å². The zero-order chi connectivity index (χ0) is 21.8. The van der Waals surface area contributed by atoms with Crippen LogP contribution in [0.15, 0.2) is 60.9 Å². The molecule has 1 atom stereocenters. The summed E-state index contributed by atoms with van der Waals surface area (Å²) in [5, 5.41) is 1.11. The van der Waals surface area contributed by atoms with E-state index in [1.165, 1.54) is 4.90 Å². The molecule has 134 valence electrons. The first-order valence-corrected chi connectivity index (χ1v) is 8.97. The van der Waals surface area contributed by atoms with Gasteiger partial charge >= 0.3 is 0 Å². The minimum Gasteiger partial charge on any atom is -0.359 e. The number of rotatable bonds is 3. The number of nitrogens with zero attached hydrogens (tertiary/aromatic N) is 3. The van der Waals surface area contributed by atoms with Gasteiger partial charge in [0.25, 0.3) is 0 Å². The summed E-state index contributed by atoms with van der Waals surface area (Å²) in [5.41, 5.74) is 3.96. The molecule has 2 heterocycles. The monoisotopic (exact) mass is 349 g/mol. The van der Waals surface area contributed by atoms with Gasteiger partial charge in [0.15, 0.2) is 0 Å². The van der Waals surface area contributed by atoms with Gasteiger partial charge in [-0.05, 0) is 43.0 Å². The standard InChI is InChI=1S/C23H27N3/c1-16(2)19-10-6-8-12-21(19)26-22-13-9-7-11-20(22)17(3)23(26)25-15-14-24(5)18(25)4/h6-16,18H,1-5H3/t18-/m0/s1/i5D3,16D. The molecular formula is C23H27N3. The fraction of sp³-hybridized carbons (Fsp3) is 0.304. The average Bonchev–Trinajstić information content (AvgIpc) is 3.19. The van der Waals surface area contributed by atoms with Gasteiger partial charge in [-0.25, -0.2) is 0 Å². The molecule has 0 unspecified atom stereocenters. The molecule has 0 saturated heterocycles. The van der Waals surface area contributed by atoms with Gasteiger partial charge in [-0.2, -0.15) is 0 Å². The van der Waals surface area contributed by atoms with Crippen molar-refractivity contribution in [3.8, 4) is 5.69 Å². The molecule has 0 fully saturated rings. The van der Waals surface area contributed by atoms with Crippen LogP contribution in [-0.4, -0.2) is 22.6 Å². The van der Waals surface area contributed by atoms with E-state index in [1.54, 1.807) is 6.20 Å². The second-order valence-electron chi connectivity index (χ2n) is 7.06. The van der Waals surface area contributed by atoms with Gasteiger partial charge in [0.2, 0.25) is 0 Å². The van der Waals surface area contributed by atoms with E-state index in [9.17, 15) is 0 Å². The molecule has 4 rings (SSSR count). The van der Waals surface area contributed by atoms with E-state index < -0.39 is 12.9 Å². The number of aromatic nitrogens is 1. The number of hydrogen-bond acceptors (Lipinski definition) is 2. The third-order valence-electron chi connectivity index (χ3n) is 5.22. The summed E-state index contributed by atoms with van der Waals surface area (Å²) in [4.78, 5) is 3.41. The Morgan fingerprint density at radius 1 is 1.04 bits per heavy atom. The molecule has 0 saturated carbocycles. The topological polar surface area (TPSA) is 11.4 Å². The number of para-hydroxylation sites is 2. The summed E-state index contributed by atoms with van der Waals surface area (Å²) in [6.07, 6.45) is 3.11. The minimum absolute atomic E-state index is 0.365. The molecule has 0 radical (unpaired) electrons. The predicted molar refractivity (Wildman–Crippen MR) is 111 cm³/mol. The maximum absolute atomic E-state index is 8.69. The van der Waals surface area contributed by atoms with E-state index in [4.69, 9.17) is 5.48 Å². The number of benzene rings is 2. The van der Waals surface area contributed by atoms with Crippen molar-refractivity contribution in [1.29, 1.82) is 0 Å². The van der Waals surface area contributed by atoms with Crippen LogP contribution in [0.5, 0.6) is 0 Å². The van der Waals surface area contributed by atoms with Crippen LogP contribution in [0.4, 0.5) is 5.82 Å². The van der Waals surface area contributed by atoms with Crippen LogP contribution in [0.2, 0.25) is 0 Å². The maximum Gasteiger partial charge on any atom is 0.123 e. The third-order valence-corrected chi connectivity index (χ3v) is 5.22. The van der Waals surface area contributed by atoms with Gasteiger partial charge in [-0.15, -0.1) is 0 Å². The smallest absolute Gasteiger partial charge is 0.123 e. The van der Waals surface area contributed by atoms with Crippen molar-refractivity contribution in [2.45, 2.75) is 39.8 Å². The Labute approximate surface area is 161 Å². The Kier molecular flexibility index (Phi) is 3.03. The van der Waals surface area contributed by atoms with E-state index in [-0.39, 0.29) is 6.17 Å². The zero-order valence-electron chi connectivity index (χ0n) is 19.7. The molecule has 2 aromatic carbocycles. The largest absolute Gasteiger partial charge is 0.359 e. The molecular weight excluding hydrogens is 318 g/mol. The number of anilines is 1. The molecule has 0 spiro atoms. The summed E-state index contributed by atoms with van der Waals surface area (Å²) in [6.45, 7) is 5.53. The minimum atomic E-state index is -2.21. The first-order valence-electron chi connectivity index (χ1n) is 11.0. The fourth-order valence-corrected chi connectivity index (χ4v) is 3.81. The lowest BCUT2D eigenvalue weighted by molar-refractivity contribution is 0.381. The van der Waals surface area contributed by atoms with E-state index in [0.29, 0.717) is 0 Å². The van der Waals surface area contributed by atoms with E-state index in [0.717, 1.165) is 33.5 Å². The number of aryl methyl sites for hydroxylation is 1. The summed E-state index contributed by atoms with van der Waals surface area (Å²) < 4.78 is 34.4. The fourth-order valence-electron chi connectivity index (χ4n) is 3.81. The quantitative estimate of drug-likeness (QED) is 0.607. The molecule has 1 aliphatic rings. The second-order valence-corrected chi connectivity index (χ2v) is 7.06. The second kappa shape index (κ2) is 6.24. The zero-order valence-corrected chi connectivity index (χ0v) is 15.7. The number of hydrogen-bond donors (Lipinski definition) is 0. The lowest BCUT2D eigenvalue weighted by Crippen LogP contribution is -2.34. The van der Waals surface area contributed by atoms with Crippen molar-refractivity contribution < 1.29 is 5.48 Å². The summed E-state index contributed by atoms with van der Waals surface area (Å²) in [6, 6.07) is 16.2. The normalized spacial score (nSPS) is 20.2. The van der Waals surface area contributed by atoms with Gasteiger partial charge < -0.3 is 9.80 Å². The summed E-state index contributed by atoms with van der Waals surface area (Å²) in [5.74, 6) is 0.132. The molecule has 1 aliphatic heterocycles. The molecule has 0 bridgehead atoms. The van der Waals surface area contributed by atoms with Crippen molar-refractivity contribution in [3.05, 3.63) is 72.1 Å². The highest BCUT2D eigenvalue weighted by molar-refractivity contribution is 5.92. The molecule has 3 aromatic rings. The molecule has 1 aromatic heterocycles. The van der Waals surface area contributed by atoms with Crippen molar-refractivity contribution in [1.82, 2.24) is 9.47 Å². The lowest BCUT2D eigenvalue weighted by Gasteiger charge is -2.29. The highest BCUT2D eigenvalue weighted by atomic mass is 15.4. The lowest BCUT2D eigenvalue weighted by atomic mass is 10.0. The maximum atomic E-state index is 8.69. The molecule has 0 N–H and O–H groups in total. The highest BCUT2D eigenvalue weighted by Crippen LogP contribution is 2.39. The Bertz CT molecular complexity index is 1120. The molecule has 3 heteroatoms. The van der Waals surface area contributed by atoms with Crippen LogP contribution in [0.3, 0.4) is 0 Å². The van der Waals surface area contributed by atoms with Gasteiger partial charge in [0.05, 0.1) is 11.2 Å². The Balaban J connectivity index is 2.01. The van der Waals surface area contributed by atoms with Crippen molar-refractivity contribution in [2.24, 2.45) is 0 Å². The van der Waals surface area contributed by atoms with E-state index in [1.807, 2.05) is 68.3 Å². The van der Waals surface area contributed by atoms with E-state index in [2.05, 4.69) is 23.6 Å². The molecule has 3 nitrogen and oxygen atoms in total.